The molecule has 34 heavy (non-hydrogen) atoms. The fourth-order valence-electron chi connectivity index (χ4n) is 3.94. The van der Waals surface area contributed by atoms with Crippen molar-refractivity contribution in [3.05, 3.63) is 42.0 Å². The van der Waals surface area contributed by atoms with Gasteiger partial charge in [0.1, 0.15) is 29.9 Å². The molecule has 0 bridgehead atoms. The fourth-order valence-corrected chi connectivity index (χ4v) is 3.94. The molecule has 4 N–H and O–H groups in total. The standard InChI is InChI=1S/C23H32N6O5/c1-13(2)33-15-7-5-14(6-8-15)9-25-10-17-27-21(24-3)18-22(28-17)29(12-26-18)23-20(31)19(30)16(34-23)11-32-4/h5-8,12-13,16,19-20,23,25,30-31H,9-11H2,1-4H3,(H,24,27,28)/t16-,19-,20-,23-/m1/s1. The van der Waals surface area contributed by atoms with Crippen LogP contribution in [0.5, 0.6) is 5.75 Å². The van der Waals surface area contributed by atoms with Crippen LogP contribution < -0.4 is 15.4 Å². The van der Waals surface area contributed by atoms with Crippen molar-refractivity contribution in [3.8, 4) is 5.75 Å². The minimum atomic E-state index is -1.14. The van der Waals surface area contributed by atoms with Gasteiger partial charge < -0.3 is 35.1 Å². The minimum Gasteiger partial charge on any atom is -0.491 e. The minimum absolute atomic E-state index is 0.135. The van der Waals surface area contributed by atoms with Crippen LogP contribution in [-0.4, -0.2) is 74.9 Å². The summed E-state index contributed by atoms with van der Waals surface area (Å²) < 4.78 is 18.2. The summed E-state index contributed by atoms with van der Waals surface area (Å²) in [6.45, 7) is 5.21. The van der Waals surface area contributed by atoms with Crippen molar-refractivity contribution in [3.63, 3.8) is 0 Å². The normalized spacial score (nSPS) is 22.6. The highest BCUT2D eigenvalue weighted by Crippen LogP contribution is 2.32. The molecular formula is C23H32N6O5. The highest BCUT2D eigenvalue weighted by atomic mass is 16.6. The van der Waals surface area contributed by atoms with Gasteiger partial charge in [0.2, 0.25) is 0 Å². The van der Waals surface area contributed by atoms with Gasteiger partial charge in [-0.05, 0) is 31.5 Å². The van der Waals surface area contributed by atoms with Crippen LogP contribution in [0.4, 0.5) is 5.82 Å². The number of anilines is 1. The monoisotopic (exact) mass is 472 g/mol. The van der Waals surface area contributed by atoms with Gasteiger partial charge in [-0.15, -0.1) is 0 Å². The van der Waals surface area contributed by atoms with Crippen LogP contribution >= 0.6 is 0 Å². The number of aromatic nitrogens is 4. The molecule has 0 amide bonds. The third-order valence-electron chi connectivity index (χ3n) is 5.55. The first kappa shape index (κ1) is 24.3. The summed E-state index contributed by atoms with van der Waals surface area (Å²) in [6, 6.07) is 7.94. The van der Waals surface area contributed by atoms with Gasteiger partial charge in [0, 0.05) is 20.7 Å². The molecule has 0 saturated carbocycles. The number of aliphatic hydroxyl groups excluding tert-OH is 2. The molecule has 4 rings (SSSR count). The summed E-state index contributed by atoms with van der Waals surface area (Å²) in [7, 11) is 3.28. The van der Waals surface area contributed by atoms with E-state index in [1.54, 1.807) is 11.6 Å². The maximum atomic E-state index is 10.6. The van der Waals surface area contributed by atoms with E-state index in [2.05, 4.69) is 25.6 Å². The third-order valence-corrected chi connectivity index (χ3v) is 5.55. The lowest BCUT2D eigenvalue weighted by Gasteiger charge is -2.17. The van der Waals surface area contributed by atoms with Crippen molar-refractivity contribution in [1.82, 2.24) is 24.8 Å². The fraction of sp³-hybridized carbons (Fsp3) is 0.522. The van der Waals surface area contributed by atoms with E-state index in [9.17, 15) is 10.2 Å². The van der Waals surface area contributed by atoms with Gasteiger partial charge in [-0.25, -0.2) is 15.0 Å². The largest absolute Gasteiger partial charge is 0.491 e. The highest BCUT2D eigenvalue weighted by molar-refractivity contribution is 5.83. The second kappa shape index (κ2) is 10.6. The second-order valence-corrected chi connectivity index (χ2v) is 8.48. The molecular weight excluding hydrogens is 440 g/mol. The van der Waals surface area contributed by atoms with Crippen LogP contribution in [0.25, 0.3) is 11.2 Å². The van der Waals surface area contributed by atoms with Crippen molar-refractivity contribution in [2.24, 2.45) is 0 Å². The van der Waals surface area contributed by atoms with Crippen molar-refractivity contribution in [2.45, 2.75) is 57.6 Å². The first-order valence-electron chi connectivity index (χ1n) is 11.3. The van der Waals surface area contributed by atoms with Gasteiger partial charge in [-0.1, -0.05) is 12.1 Å². The highest BCUT2D eigenvalue weighted by Gasteiger charge is 2.44. The van der Waals surface area contributed by atoms with E-state index in [0.29, 0.717) is 35.9 Å². The van der Waals surface area contributed by atoms with Gasteiger partial charge in [-0.3, -0.25) is 4.57 Å². The van der Waals surface area contributed by atoms with Gasteiger partial charge in [-0.2, -0.15) is 0 Å². The first-order chi connectivity index (χ1) is 16.4. The summed E-state index contributed by atoms with van der Waals surface area (Å²) in [6.07, 6.45) is -2.04. The summed E-state index contributed by atoms with van der Waals surface area (Å²) in [5.74, 6) is 1.96. The lowest BCUT2D eigenvalue weighted by Crippen LogP contribution is -2.33. The molecule has 2 aromatic heterocycles. The Hall–Kier alpha value is -2.83. The van der Waals surface area contributed by atoms with E-state index in [-0.39, 0.29) is 12.7 Å². The SMILES string of the molecule is CNc1nc(CNCc2ccc(OC(C)C)cc2)nc2c1ncn2[C@@H]1O[C@H](COC)[C@@H](O)[C@H]1O. The number of benzene rings is 1. The lowest BCUT2D eigenvalue weighted by atomic mass is 10.1. The topological polar surface area (TPSA) is 136 Å². The van der Waals surface area contributed by atoms with Gasteiger partial charge in [0.15, 0.2) is 23.2 Å². The zero-order valence-corrected chi connectivity index (χ0v) is 19.8. The predicted octanol–water partition coefficient (Wildman–Crippen LogP) is 1.21. The Bertz CT molecular complexity index is 1090. The van der Waals surface area contributed by atoms with E-state index in [1.807, 2.05) is 38.1 Å². The number of nitrogens with one attached hydrogen (secondary N) is 2. The molecule has 184 valence electrons. The van der Waals surface area contributed by atoms with Crippen LogP contribution in [0.15, 0.2) is 30.6 Å². The molecule has 0 radical (unpaired) electrons. The van der Waals surface area contributed by atoms with E-state index >= 15 is 0 Å². The Morgan fingerprint density at radius 3 is 2.56 bits per heavy atom. The Labute approximate surface area is 198 Å². The zero-order valence-electron chi connectivity index (χ0n) is 19.8. The molecule has 11 heteroatoms. The molecule has 4 atom stereocenters. The maximum absolute atomic E-state index is 10.6. The Morgan fingerprint density at radius 1 is 1.12 bits per heavy atom. The number of nitrogens with zero attached hydrogens (tertiary/aromatic N) is 4. The van der Waals surface area contributed by atoms with Crippen molar-refractivity contribution >= 4 is 17.0 Å². The molecule has 1 fully saturated rings. The van der Waals surface area contributed by atoms with Crippen LogP contribution in [-0.2, 0) is 22.6 Å². The summed E-state index contributed by atoms with van der Waals surface area (Å²) >= 11 is 0. The number of ether oxygens (including phenoxy) is 3. The average Bonchev–Trinajstić information content (AvgIpc) is 3.36. The number of fused-ring (bicyclic) bond motifs is 1. The molecule has 1 aliphatic heterocycles. The van der Waals surface area contributed by atoms with E-state index in [0.717, 1.165) is 11.3 Å². The average molecular weight is 473 g/mol. The predicted molar refractivity (Wildman–Crippen MR) is 125 cm³/mol. The summed E-state index contributed by atoms with van der Waals surface area (Å²) in [5, 5.41) is 27.3. The quantitative estimate of drug-likeness (QED) is 0.341. The molecule has 0 spiro atoms. The number of rotatable bonds is 10. The van der Waals surface area contributed by atoms with Crippen LogP contribution in [0.1, 0.15) is 31.5 Å². The third kappa shape index (κ3) is 5.13. The molecule has 0 unspecified atom stereocenters. The summed E-state index contributed by atoms with van der Waals surface area (Å²) in [5.41, 5.74) is 2.16. The van der Waals surface area contributed by atoms with E-state index < -0.39 is 24.5 Å². The smallest absolute Gasteiger partial charge is 0.168 e. The molecule has 11 nitrogen and oxygen atoms in total. The summed E-state index contributed by atoms with van der Waals surface area (Å²) in [4.78, 5) is 13.6. The number of aliphatic hydroxyl groups is 2. The van der Waals surface area contributed by atoms with Crippen LogP contribution in [0.3, 0.4) is 0 Å². The van der Waals surface area contributed by atoms with Crippen molar-refractivity contribution in [1.29, 1.82) is 0 Å². The molecule has 1 aromatic carbocycles. The number of hydrogen-bond donors (Lipinski definition) is 4. The van der Waals surface area contributed by atoms with Crippen molar-refractivity contribution in [2.75, 3.05) is 26.1 Å². The first-order valence-corrected chi connectivity index (χ1v) is 11.3. The second-order valence-electron chi connectivity index (χ2n) is 8.48. The zero-order chi connectivity index (χ0) is 24.2. The number of imidazole rings is 1. The number of hydrogen-bond acceptors (Lipinski definition) is 10. The van der Waals surface area contributed by atoms with Crippen LogP contribution in [0.2, 0.25) is 0 Å². The Balaban J connectivity index is 1.49. The molecule has 3 aromatic rings. The number of methoxy groups -OCH3 is 1. The molecule has 0 aliphatic carbocycles. The molecule has 1 saturated heterocycles. The van der Waals surface area contributed by atoms with Gasteiger partial charge >= 0.3 is 0 Å². The van der Waals surface area contributed by atoms with Crippen LogP contribution in [0, 0.1) is 0 Å². The Kier molecular flexibility index (Phi) is 7.59. The van der Waals surface area contributed by atoms with E-state index in [4.69, 9.17) is 14.2 Å². The van der Waals surface area contributed by atoms with Gasteiger partial charge in [0.05, 0.1) is 25.6 Å². The van der Waals surface area contributed by atoms with Crippen molar-refractivity contribution < 1.29 is 24.4 Å². The van der Waals surface area contributed by atoms with Gasteiger partial charge in [0.25, 0.3) is 0 Å². The molecule has 3 heterocycles. The van der Waals surface area contributed by atoms with E-state index in [1.165, 1.54) is 13.4 Å². The molecule has 1 aliphatic rings. The lowest BCUT2D eigenvalue weighted by molar-refractivity contribution is -0.0580. The maximum Gasteiger partial charge on any atom is 0.168 e. The Morgan fingerprint density at radius 2 is 1.88 bits per heavy atom.